The van der Waals surface area contributed by atoms with Gasteiger partial charge >= 0.3 is 0 Å². The van der Waals surface area contributed by atoms with Crippen LogP contribution >= 0.6 is 0 Å². The van der Waals surface area contributed by atoms with Gasteiger partial charge in [0.2, 0.25) is 5.91 Å². The van der Waals surface area contributed by atoms with Gasteiger partial charge in [0.1, 0.15) is 0 Å². The number of nitrogens with one attached hydrogen (secondary N) is 1. The smallest absolute Gasteiger partial charge is 0.222 e. The zero-order valence-electron chi connectivity index (χ0n) is 13.7. The molecule has 20 heavy (non-hydrogen) atoms. The van der Waals surface area contributed by atoms with Gasteiger partial charge in [-0.1, -0.05) is 40.5 Å². The Morgan fingerprint density at radius 3 is 2.40 bits per heavy atom. The third-order valence-electron chi connectivity index (χ3n) is 4.47. The van der Waals surface area contributed by atoms with Gasteiger partial charge in [0.25, 0.3) is 0 Å². The number of likely N-dealkylation sites (tertiary alicyclic amines) is 1. The molecule has 0 spiro atoms. The maximum atomic E-state index is 12.0. The van der Waals surface area contributed by atoms with Gasteiger partial charge in [-0.25, -0.2) is 0 Å². The summed E-state index contributed by atoms with van der Waals surface area (Å²) < 4.78 is 0. The molecular formula is C17H32N2O. The molecule has 0 aromatic rings. The quantitative estimate of drug-likeness (QED) is 0.811. The molecule has 0 radical (unpaired) electrons. The highest BCUT2D eigenvalue weighted by molar-refractivity contribution is 5.78. The molecule has 1 aliphatic carbocycles. The average Bonchev–Trinajstić information content (AvgIpc) is 3.11. The summed E-state index contributed by atoms with van der Waals surface area (Å²) in [6, 6.07) is 0.362. The third kappa shape index (κ3) is 5.08. The first kappa shape index (κ1) is 15.8. The molecule has 2 rings (SSSR count). The van der Waals surface area contributed by atoms with Crippen LogP contribution in [0, 0.1) is 23.7 Å². The number of carbonyl (C=O) groups is 1. The molecule has 1 saturated heterocycles. The summed E-state index contributed by atoms with van der Waals surface area (Å²) in [5.41, 5.74) is 0. The molecule has 0 aromatic heterocycles. The summed E-state index contributed by atoms with van der Waals surface area (Å²) in [6.45, 7) is 12.0. The Kier molecular flexibility index (Phi) is 5.48. The maximum Gasteiger partial charge on any atom is 0.222 e. The predicted octanol–water partition coefficient (Wildman–Crippen LogP) is 2.91. The molecule has 0 aromatic carbocycles. The second-order valence-electron chi connectivity index (χ2n) is 7.75. The Bertz CT molecular complexity index is 311. The Balaban J connectivity index is 1.89. The molecule has 1 amide bonds. The van der Waals surface area contributed by atoms with Crippen molar-refractivity contribution in [3.05, 3.63) is 0 Å². The number of piperidine rings is 1. The van der Waals surface area contributed by atoms with E-state index in [-0.39, 0.29) is 11.8 Å². The highest BCUT2D eigenvalue weighted by Gasteiger charge is 2.33. The number of hydrogen-bond donors (Lipinski definition) is 1. The van der Waals surface area contributed by atoms with Crippen LogP contribution in [-0.4, -0.2) is 36.5 Å². The zero-order valence-corrected chi connectivity index (χ0v) is 13.7. The van der Waals surface area contributed by atoms with Crippen LogP contribution in [0.3, 0.4) is 0 Å². The Morgan fingerprint density at radius 2 is 1.85 bits per heavy atom. The lowest BCUT2D eigenvalue weighted by Crippen LogP contribution is -2.52. The van der Waals surface area contributed by atoms with Crippen LogP contribution in [0.2, 0.25) is 0 Å². The lowest BCUT2D eigenvalue weighted by atomic mass is 9.89. The first-order valence-electron chi connectivity index (χ1n) is 8.46. The number of nitrogens with zero attached hydrogens (tertiary/aromatic N) is 1. The minimum atomic E-state index is 0.0948. The SMILES string of the molecule is CC(C)CN1CC(CC2CC2)CC(NC(=O)C(C)C)C1. The molecule has 2 unspecified atom stereocenters. The fraction of sp³-hybridized carbons (Fsp3) is 0.941. The molecule has 1 aliphatic heterocycles. The molecule has 2 aliphatic rings. The van der Waals surface area contributed by atoms with Crippen LogP contribution in [0.4, 0.5) is 0 Å². The van der Waals surface area contributed by atoms with Crippen molar-refractivity contribution >= 4 is 5.91 Å². The molecule has 2 atom stereocenters. The second kappa shape index (κ2) is 6.93. The summed E-state index contributed by atoms with van der Waals surface area (Å²) >= 11 is 0. The number of amides is 1. The van der Waals surface area contributed by atoms with Gasteiger partial charge in [-0.2, -0.15) is 0 Å². The van der Waals surface area contributed by atoms with Crippen molar-refractivity contribution in [2.24, 2.45) is 23.7 Å². The summed E-state index contributed by atoms with van der Waals surface area (Å²) in [5, 5.41) is 3.26. The van der Waals surface area contributed by atoms with Crippen molar-refractivity contribution in [2.75, 3.05) is 19.6 Å². The van der Waals surface area contributed by atoms with Crippen molar-refractivity contribution in [1.29, 1.82) is 0 Å². The van der Waals surface area contributed by atoms with Crippen molar-refractivity contribution in [3.8, 4) is 0 Å². The standard InChI is InChI=1S/C17H32N2O/c1-12(2)9-19-10-15(7-14-5-6-14)8-16(11-19)18-17(20)13(3)4/h12-16H,5-11H2,1-4H3,(H,18,20). The summed E-state index contributed by atoms with van der Waals surface area (Å²) in [6.07, 6.45) is 5.43. The van der Waals surface area contributed by atoms with Crippen molar-refractivity contribution < 1.29 is 4.79 Å². The van der Waals surface area contributed by atoms with Crippen molar-refractivity contribution in [3.63, 3.8) is 0 Å². The van der Waals surface area contributed by atoms with E-state index in [2.05, 4.69) is 24.1 Å². The molecule has 1 N–H and O–H groups in total. The summed E-state index contributed by atoms with van der Waals surface area (Å²) in [5.74, 6) is 2.79. The van der Waals surface area contributed by atoms with E-state index in [0.29, 0.717) is 12.0 Å². The van der Waals surface area contributed by atoms with Crippen LogP contribution in [0.15, 0.2) is 0 Å². The molecule has 0 bridgehead atoms. The van der Waals surface area contributed by atoms with Crippen LogP contribution in [0.1, 0.15) is 53.4 Å². The Hall–Kier alpha value is -0.570. The molecule has 116 valence electrons. The highest BCUT2D eigenvalue weighted by Crippen LogP contribution is 2.37. The number of carbonyl (C=O) groups excluding carboxylic acids is 1. The first-order valence-corrected chi connectivity index (χ1v) is 8.46. The van der Waals surface area contributed by atoms with E-state index < -0.39 is 0 Å². The van der Waals surface area contributed by atoms with E-state index in [1.807, 2.05) is 13.8 Å². The van der Waals surface area contributed by atoms with Crippen LogP contribution < -0.4 is 5.32 Å². The third-order valence-corrected chi connectivity index (χ3v) is 4.47. The van der Waals surface area contributed by atoms with Gasteiger partial charge in [0.05, 0.1) is 0 Å². The van der Waals surface area contributed by atoms with Crippen molar-refractivity contribution in [1.82, 2.24) is 10.2 Å². The number of hydrogen-bond acceptors (Lipinski definition) is 2. The van der Waals surface area contributed by atoms with Gasteiger partial charge in [-0.15, -0.1) is 0 Å². The van der Waals surface area contributed by atoms with Gasteiger partial charge in [0, 0.05) is 31.6 Å². The monoisotopic (exact) mass is 280 g/mol. The van der Waals surface area contributed by atoms with Gasteiger partial charge in [-0.05, 0) is 30.6 Å². The minimum absolute atomic E-state index is 0.0948. The van der Waals surface area contributed by atoms with E-state index in [4.69, 9.17) is 0 Å². The molecule has 1 saturated carbocycles. The van der Waals surface area contributed by atoms with Gasteiger partial charge in [0.15, 0.2) is 0 Å². The van der Waals surface area contributed by atoms with E-state index in [0.717, 1.165) is 24.9 Å². The molecule has 2 fully saturated rings. The van der Waals surface area contributed by atoms with Gasteiger partial charge in [-0.3, -0.25) is 4.79 Å². The Morgan fingerprint density at radius 1 is 1.15 bits per heavy atom. The van der Waals surface area contributed by atoms with E-state index >= 15 is 0 Å². The minimum Gasteiger partial charge on any atom is -0.352 e. The Labute approximate surface area is 124 Å². The van der Waals surface area contributed by atoms with E-state index in [1.165, 1.54) is 32.2 Å². The highest BCUT2D eigenvalue weighted by atomic mass is 16.1. The van der Waals surface area contributed by atoms with Crippen LogP contribution in [0.5, 0.6) is 0 Å². The molecular weight excluding hydrogens is 248 g/mol. The fourth-order valence-corrected chi connectivity index (χ4v) is 3.44. The lowest BCUT2D eigenvalue weighted by Gasteiger charge is -2.39. The predicted molar refractivity (Wildman–Crippen MR) is 83.5 cm³/mol. The van der Waals surface area contributed by atoms with E-state index in [1.54, 1.807) is 0 Å². The summed E-state index contributed by atoms with van der Waals surface area (Å²) in [4.78, 5) is 14.5. The normalized spacial score (nSPS) is 28.1. The van der Waals surface area contributed by atoms with Gasteiger partial charge < -0.3 is 10.2 Å². The number of rotatable bonds is 6. The molecule has 3 heteroatoms. The lowest BCUT2D eigenvalue weighted by molar-refractivity contribution is -0.125. The molecule has 3 nitrogen and oxygen atoms in total. The second-order valence-corrected chi connectivity index (χ2v) is 7.75. The average molecular weight is 280 g/mol. The van der Waals surface area contributed by atoms with E-state index in [9.17, 15) is 4.79 Å². The zero-order chi connectivity index (χ0) is 14.7. The first-order chi connectivity index (χ1) is 9.44. The maximum absolute atomic E-state index is 12.0. The summed E-state index contributed by atoms with van der Waals surface area (Å²) in [7, 11) is 0. The fourth-order valence-electron chi connectivity index (χ4n) is 3.44. The van der Waals surface area contributed by atoms with Crippen LogP contribution in [-0.2, 0) is 4.79 Å². The molecule has 1 heterocycles. The largest absolute Gasteiger partial charge is 0.352 e. The van der Waals surface area contributed by atoms with Crippen molar-refractivity contribution in [2.45, 2.75) is 59.4 Å². The van der Waals surface area contributed by atoms with Crippen LogP contribution in [0.25, 0.3) is 0 Å². The topological polar surface area (TPSA) is 32.3 Å².